The number of nitrogens with one attached hydrogen (secondary N) is 2. The van der Waals surface area contributed by atoms with Crippen LogP contribution in [0.15, 0.2) is 18.7 Å². The van der Waals surface area contributed by atoms with Crippen LogP contribution in [0.2, 0.25) is 0 Å². The van der Waals surface area contributed by atoms with Crippen LogP contribution in [-0.2, 0) is 4.74 Å². The summed E-state index contributed by atoms with van der Waals surface area (Å²) < 4.78 is 21.0. The van der Waals surface area contributed by atoms with Gasteiger partial charge in [0.2, 0.25) is 5.95 Å². The molecule has 0 aromatic carbocycles. The van der Waals surface area contributed by atoms with Crippen LogP contribution in [-0.4, -0.2) is 67.8 Å². The molecule has 2 aliphatic heterocycles. The second-order valence-electron chi connectivity index (χ2n) is 7.45. The smallest absolute Gasteiger partial charge is 0.243 e. The fourth-order valence-electron chi connectivity index (χ4n) is 4.06. The molecule has 10 heteroatoms. The summed E-state index contributed by atoms with van der Waals surface area (Å²) in [4.78, 5) is 11.7. The summed E-state index contributed by atoms with van der Waals surface area (Å²) in [6, 6.07) is 0.0408. The van der Waals surface area contributed by atoms with Crippen molar-refractivity contribution in [3.8, 4) is 11.3 Å². The molecule has 0 saturated carbocycles. The lowest BCUT2D eigenvalue weighted by molar-refractivity contribution is 0.0284. The van der Waals surface area contributed by atoms with E-state index in [1.165, 1.54) is 0 Å². The second-order valence-corrected chi connectivity index (χ2v) is 7.45. The molecule has 2 aliphatic rings. The Kier molecular flexibility index (Phi) is 4.34. The molecule has 0 unspecified atom stereocenters. The first-order valence-corrected chi connectivity index (χ1v) is 9.70. The van der Waals surface area contributed by atoms with Gasteiger partial charge in [-0.1, -0.05) is 0 Å². The number of rotatable bonds is 4. The highest BCUT2D eigenvalue weighted by Crippen LogP contribution is 2.36. The number of aromatic nitrogens is 6. The quantitative estimate of drug-likeness (QED) is 0.708. The fourth-order valence-corrected chi connectivity index (χ4v) is 4.06. The third kappa shape index (κ3) is 2.97. The number of fused-ring (bicyclic) bond motifs is 1. The average molecular weight is 386 g/mol. The van der Waals surface area contributed by atoms with Crippen LogP contribution < -0.4 is 10.2 Å². The Balaban J connectivity index is 1.58. The molecular weight excluding hydrogens is 363 g/mol. The Hall–Kier alpha value is -2.75. The minimum absolute atomic E-state index is 0.105. The molecule has 2 N–H and O–H groups in total. The highest BCUT2D eigenvalue weighted by molar-refractivity contribution is 5.85. The molecule has 3 aromatic heterocycles. The van der Waals surface area contributed by atoms with Crippen molar-refractivity contribution in [2.45, 2.75) is 44.4 Å². The average Bonchev–Trinajstić information content (AvgIpc) is 3.43. The second kappa shape index (κ2) is 7.01. The molecule has 0 bridgehead atoms. The lowest BCUT2D eigenvalue weighted by Crippen LogP contribution is -2.39. The minimum Gasteiger partial charge on any atom is -0.378 e. The molecule has 0 radical (unpaired) electrons. The first-order valence-electron chi connectivity index (χ1n) is 9.70. The van der Waals surface area contributed by atoms with Crippen molar-refractivity contribution in [2.75, 3.05) is 30.0 Å². The topological polar surface area (TPSA) is 96.3 Å². The van der Waals surface area contributed by atoms with Crippen LogP contribution in [0, 0.1) is 0 Å². The summed E-state index contributed by atoms with van der Waals surface area (Å²) in [5.74, 6) is 0.411. The Morgan fingerprint density at radius 1 is 1.36 bits per heavy atom. The molecular formula is C18H23FN8O. The van der Waals surface area contributed by atoms with Crippen LogP contribution in [0.1, 0.15) is 26.2 Å². The summed E-state index contributed by atoms with van der Waals surface area (Å²) in [5, 5.41) is 14.6. The fraction of sp³-hybridized carbons (Fsp3) is 0.556. The summed E-state index contributed by atoms with van der Waals surface area (Å²) in [7, 11) is 0. The summed E-state index contributed by atoms with van der Waals surface area (Å²) in [6.07, 6.45) is 7.00. The molecule has 28 heavy (non-hydrogen) atoms. The zero-order valence-electron chi connectivity index (χ0n) is 15.7. The third-order valence-corrected chi connectivity index (χ3v) is 5.58. The summed E-state index contributed by atoms with van der Waals surface area (Å²) in [5.41, 5.74) is 3.38. The van der Waals surface area contributed by atoms with Crippen LogP contribution >= 0.6 is 0 Å². The molecule has 9 nitrogen and oxygen atoms in total. The van der Waals surface area contributed by atoms with Gasteiger partial charge in [-0.15, -0.1) is 5.10 Å². The number of aromatic amines is 1. The zero-order chi connectivity index (χ0) is 19.1. The number of hydrogen-bond donors (Lipinski definition) is 2. The largest absolute Gasteiger partial charge is 0.378 e. The van der Waals surface area contributed by atoms with E-state index in [1.54, 1.807) is 17.0 Å². The molecule has 3 atom stereocenters. The zero-order valence-corrected chi connectivity index (χ0v) is 15.7. The molecule has 0 spiro atoms. The van der Waals surface area contributed by atoms with Crippen molar-refractivity contribution in [3.63, 3.8) is 0 Å². The molecule has 2 saturated heterocycles. The minimum atomic E-state index is -1.07. The third-order valence-electron chi connectivity index (χ3n) is 5.58. The summed E-state index contributed by atoms with van der Waals surface area (Å²) >= 11 is 0. The lowest BCUT2D eigenvalue weighted by atomic mass is 10.1. The van der Waals surface area contributed by atoms with Crippen LogP contribution in [0.3, 0.4) is 0 Å². The monoisotopic (exact) mass is 386 g/mol. The van der Waals surface area contributed by atoms with Crippen molar-refractivity contribution in [3.05, 3.63) is 18.7 Å². The number of nitrogens with zero attached hydrogens (tertiary/aromatic N) is 6. The van der Waals surface area contributed by atoms with E-state index in [9.17, 15) is 4.39 Å². The predicted octanol–water partition coefficient (Wildman–Crippen LogP) is 2.04. The molecule has 0 aliphatic carbocycles. The SMILES string of the molecule is C[C@H]1CCCN1c1c(-c2cn[nH]c2)ncn2nc(N[C@H]3CCOC[C@H]3F)nc12. The van der Waals surface area contributed by atoms with Crippen molar-refractivity contribution >= 4 is 17.3 Å². The highest BCUT2D eigenvalue weighted by Gasteiger charge is 2.30. The standard InChI is InChI=1S/C18H23FN8O/c1-11-3-2-5-26(11)16-15(12-7-21-22-8-12)20-10-27-17(16)24-18(25-27)23-14-4-6-28-9-13(14)19/h7-8,10-11,13-14H,2-6,9H2,1H3,(H,21,22)(H,23,25)/t11-,13+,14-/m0/s1. The van der Waals surface area contributed by atoms with Crippen molar-refractivity contribution in [2.24, 2.45) is 0 Å². The molecule has 5 rings (SSSR count). The van der Waals surface area contributed by atoms with E-state index in [4.69, 9.17) is 9.72 Å². The Bertz CT molecular complexity index is 958. The number of hydrogen-bond acceptors (Lipinski definition) is 7. The van der Waals surface area contributed by atoms with Crippen molar-refractivity contribution < 1.29 is 9.13 Å². The van der Waals surface area contributed by atoms with Crippen LogP contribution in [0.4, 0.5) is 16.0 Å². The van der Waals surface area contributed by atoms with Gasteiger partial charge in [-0.05, 0) is 26.2 Å². The normalized spacial score (nSPS) is 25.5. The van der Waals surface area contributed by atoms with Crippen molar-refractivity contribution in [1.82, 2.24) is 29.8 Å². The van der Waals surface area contributed by atoms with E-state index in [1.807, 2.05) is 6.20 Å². The molecule has 3 aromatic rings. The number of H-pyrrole nitrogens is 1. The van der Waals surface area contributed by atoms with E-state index in [0.717, 1.165) is 36.3 Å². The van der Waals surface area contributed by atoms with Gasteiger partial charge in [-0.2, -0.15) is 14.6 Å². The van der Waals surface area contributed by atoms with Gasteiger partial charge in [0.25, 0.3) is 0 Å². The number of halogens is 1. The van der Waals surface area contributed by atoms with Gasteiger partial charge in [0, 0.05) is 31.0 Å². The lowest BCUT2D eigenvalue weighted by Gasteiger charge is -2.26. The maximum absolute atomic E-state index is 14.1. The van der Waals surface area contributed by atoms with Gasteiger partial charge in [0.05, 0.1) is 18.8 Å². The maximum atomic E-state index is 14.1. The molecule has 0 amide bonds. The Labute approximate surface area is 161 Å². The van der Waals surface area contributed by atoms with E-state index < -0.39 is 6.17 Å². The Morgan fingerprint density at radius 3 is 3.04 bits per heavy atom. The van der Waals surface area contributed by atoms with Crippen LogP contribution in [0.25, 0.3) is 16.9 Å². The van der Waals surface area contributed by atoms with E-state index in [2.05, 4.69) is 37.4 Å². The molecule has 148 valence electrons. The van der Waals surface area contributed by atoms with E-state index in [-0.39, 0.29) is 12.6 Å². The van der Waals surface area contributed by atoms with Gasteiger partial charge >= 0.3 is 0 Å². The first kappa shape index (κ1) is 17.4. The first-order chi connectivity index (χ1) is 13.7. The van der Waals surface area contributed by atoms with Gasteiger partial charge < -0.3 is 15.0 Å². The number of anilines is 2. The summed E-state index contributed by atoms with van der Waals surface area (Å²) in [6.45, 7) is 3.79. The Morgan fingerprint density at radius 2 is 2.29 bits per heavy atom. The number of ether oxygens (including phenoxy) is 1. The van der Waals surface area contributed by atoms with Gasteiger partial charge in [0.1, 0.15) is 23.9 Å². The maximum Gasteiger partial charge on any atom is 0.243 e. The molecule has 2 fully saturated rings. The van der Waals surface area contributed by atoms with Crippen LogP contribution in [0.5, 0.6) is 0 Å². The highest BCUT2D eigenvalue weighted by atomic mass is 19.1. The van der Waals surface area contributed by atoms with Gasteiger partial charge in [-0.25, -0.2) is 9.37 Å². The predicted molar refractivity (Wildman–Crippen MR) is 102 cm³/mol. The molecule has 5 heterocycles. The van der Waals surface area contributed by atoms with Gasteiger partial charge in [-0.3, -0.25) is 5.10 Å². The van der Waals surface area contributed by atoms with Gasteiger partial charge in [0.15, 0.2) is 5.65 Å². The number of alkyl halides is 1. The van der Waals surface area contributed by atoms with Crippen molar-refractivity contribution in [1.29, 1.82) is 0 Å². The van der Waals surface area contributed by atoms with E-state index >= 15 is 0 Å². The van der Waals surface area contributed by atoms with E-state index in [0.29, 0.717) is 30.7 Å².